The highest BCUT2D eigenvalue weighted by molar-refractivity contribution is 6.15. The molecule has 0 bridgehead atoms. The van der Waals surface area contributed by atoms with Crippen molar-refractivity contribution in [3.05, 3.63) is 164 Å². The second-order valence-electron chi connectivity index (χ2n) is 12.1. The molecular formula is C43H27N5. The maximum Gasteiger partial charge on any atom is 0.238 e. The maximum atomic E-state index is 5.14. The smallest absolute Gasteiger partial charge is 0.238 e. The van der Waals surface area contributed by atoms with E-state index in [4.69, 9.17) is 15.0 Å². The third-order valence-corrected chi connectivity index (χ3v) is 9.34. The fourth-order valence-electron chi connectivity index (χ4n) is 7.15. The monoisotopic (exact) mass is 613 g/mol. The summed E-state index contributed by atoms with van der Waals surface area (Å²) in [5, 5.41) is 7.13. The van der Waals surface area contributed by atoms with E-state index in [1.54, 1.807) is 0 Å². The zero-order chi connectivity index (χ0) is 31.6. The van der Waals surface area contributed by atoms with Crippen LogP contribution in [0, 0.1) is 0 Å². The van der Waals surface area contributed by atoms with Crippen LogP contribution >= 0.6 is 0 Å². The zero-order valence-electron chi connectivity index (χ0n) is 25.8. The molecule has 3 heterocycles. The van der Waals surface area contributed by atoms with Gasteiger partial charge in [-0.2, -0.15) is 9.97 Å². The summed E-state index contributed by atoms with van der Waals surface area (Å²) in [4.78, 5) is 15.2. The first-order chi connectivity index (χ1) is 23.8. The van der Waals surface area contributed by atoms with E-state index in [0.717, 1.165) is 44.0 Å². The number of fused-ring (bicyclic) bond motifs is 7. The molecule has 0 N–H and O–H groups in total. The normalized spacial score (nSPS) is 11.8. The van der Waals surface area contributed by atoms with Gasteiger partial charge in [0.1, 0.15) is 0 Å². The molecule has 0 saturated heterocycles. The Morgan fingerprint density at radius 1 is 0.333 bits per heavy atom. The fourth-order valence-corrected chi connectivity index (χ4v) is 7.15. The Labute approximate surface area is 276 Å². The van der Waals surface area contributed by atoms with E-state index in [9.17, 15) is 0 Å². The van der Waals surface area contributed by atoms with E-state index in [1.165, 1.54) is 27.2 Å². The largest absolute Gasteiger partial charge is 0.309 e. The fraction of sp³-hybridized carbons (Fsp3) is 0. The number of rotatable bonds is 4. The summed E-state index contributed by atoms with van der Waals surface area (Å²) in [6.07, 6.45) is 0. The van der Waals surface area contributed by atoms with Crippen LogP contribution in [-0.4, -0.2) is 24.1 Å². The van der Waals surface area contributed by atoms with Crippen molar-refractivity contribution in [2.75, 3.05) is 0 Å². The van der Waals surface area contributed by atoms with Gasteiger partial charge in [-0.15, -0.1) is 0 Å². The van der Waals surface area contributed by atoms with E-state index in [2.05, 4.69) is 112 Å². The van der Waals surface area contributed by atoms with Crippen molar-refractivity contribution in [2.24, 2.45) is 0 Å². The Kier molecular flexibility index (Phi) is 5.81. The molecule has 0 amide bonds. The highest BCUT2D eigenvalue weighted by atomic mass is 15.2. The lowest BCUT2D eigenvalue weighted by molar-refractivity contribution is 0.953. The first kappa shape index (κ1) is 26.6. The van der Waals surface area contributed by atoms with E-state index in [-0.39, 0.29) is 0 Å². The van der Waals surface area contributed by atoms with Gasteiger partial charge in [-0.1, -0.05) is 121 Å². The lowest BCUT2D eigenvalue weighted by atomic mass is 10.1. The number of aromatic nitrogens is 5. The Hall–Kier alpha value is -6.59. The average Bonchev–Trinajstić information content (AvgIpc) is 3.66. The summed E-state index contributed by atoms with van der Waals surface area (Å²) >= 11 is 0. The van der Waals surface area contributed by atoms with Crippen molar-refractivity contribution in [3.63, 3.8) is 0 Å². The Morgan fingerprint density at radius 3 is 1.46 bits per heavy atom. The molecule has 224 valence electrons. The van der Waals surface area contributed by atoms with Crippen LogP contribution in [0.1, 0.15) is 0 Å². The third kappa shape index (κ3) is 4.08. The molecule has 0 fully saturated rings. The van der Waals surface area contributed by atoms with Crippen LogP contribution in [0.15, 0.2) is 164 Å². The van der Waals surface area contributed by atoms with Crippen LogP contribution in [0.5, 0.6) is 0 Å². The minimum Gasteiger partial charge on any atom is -0.309 e. The van der Waals surface area contributed by atoms with Gasteiger partial charge in [0.25, 0.3) is 0 Å². The summed E-state index contributed by atoms with van der Waals surface area (Å²) in [5.74, 6) is 1.86. The molecule has 0 aliphatic rings. The van der Waals surface area contributed by atoms with Gasteiger partial charge in [-0.05, 0) is 53.2 Å². The minimum atomic E-state index is 0.586. The van der Waals surface area contributed by atoms with Crippen molar-refractivity contribution >= 4 is 54.4 Å². The molecule has 48 heavy (non-hydrogen) atoms. The lowest BCUT2D eigenvalue weighted by Crippen LogP contribution is -2.06. The maximum absolute atomic E-state index is 5.14. The molecule has 5 nitrogen and oxygen atoms in total. The van der Waals surface area contributed by atoms with E-state index in [1.807, 2.05) is 60.7 Å². The van der Waals surface area contributed by atoms with Gasteiger partial charge in [-0.25, -0.2) is 4.98 Å². The highest BCUT2D eigenvalue weighted by Gasteiger charge is 2.20. The predicted molar refractivity (Wildman–Crippen MR) is 197 cm³/mol. The number of nitrogens with zero attached hydrogens (tertiary/aromatic N) is 5. The predicted octanol–water partition coefficient (Wildman–Crippen LogP) is 10.6. The zero-order valence-corrected chi connectivity index (χ0v) is 25.8. The average molecular weight is 614 g/mol. The van der Waals surface area contributed by atoms with Gasteiger partial charge >= 0.3 is 0 Å². The van der Waals surface area contributed by atoms with Gasteiger partial charge in [0.15, 0.2) is 11.6 Å². The molecule has 0 spiro atoms. The van der Waals surface area contributed by atoms with Crippen molar-refractivity contribution in [1.82, 2.24) is 24.1 Å². The van der Waals surface area contributed by atoms with Gasteiger partial charge in [0.05, 0.1) is 22.1 Å². The minimum absolute atomic E-state index is 0.586. The van der Waals surface area contributed by atoms with Crippen molar-refractivity contribution in [2.45, 2.75) is 0 Å². The van der Waals surface area contributed by atoms with E-state index < -0.39 is 0 Å². The second-order valence-corrected chi connectivity index (χ2v) is 12.1. The van der Waals surface area contributed by atoms with Gasteiger partial charge in [-0.3, -0.25) is 4.57 Å². The van der Waals surface area contributed by atoms with Crippen molar-refractivity contribution in [1.29, 1.82) is 0 Å². The molecule has 10 rings (SSSR count). The molecule has 5 heteroatoms. The first-order valence-electron chi connectivity index (χ1n) is 16.1. The molecule has 7 aromatic carbocycles. The standard InChI is InChI=1S/C43H27N5/c1-3-13-28(14-4-1)41-44-42(29-15-5-2-6-16-29)46-43(45-41)48-39-24-23-32(27-36(39)35-25-30-17-7-8-18-31(30)26-40(35)48)47-37-21-11-9-19-33(37)34-20-10-12-22-38(34)47/h1-27H. The third-order valence-electron chi connectivity index (χ3n) is 9.34. The van der Waals surface area contributed by atoms with Gasteiger partial charge in [0, 0.05) is 38.4 Å². The summed E-state index contributed by atoms with van der Waals surface area (Å²) in [6, 6.07) is 57.4. The first-order valence-corrected chi connectivity index (χ1v) is 16.1. The van der Waals surface area contributed by atoms with Crippen LogP contribution in [-0.2, 0) is 0 Å². The van der Waals surface area contributed by atoms with Crippen molar-refractivity contribution in [3.8, 4) is 34.4 Å². The number of hydrogen-bond donors (Lipinski definition) is 0. The second kappa shape index (κ2) is 10.5. The van der Waals surface area contributed by atoms with Gasteiger partial charge < -0.3 is 4.57 Å². The molecule has 0 radical (unpaired) electrons. The molecule has 0 saturated carbocycles. The van der Waals surface area contributed by atoms with Crippen molar-refractivity contribution < 1.29 is 0 Å². The Balaban J connectivity index is 1.30. The van der Waals surface area contributed by atoms with E-state index >= 15 is 0 Å². The lowest BCUT2D eigenvalue weighted by Gasteiger charge is -2.12. The summed E-state index contributed by atoms with van der Waals surface area (Å²) < 4.78 is 4.58. The topological polar surface area (TPSA) is 48.5 Å². The molecule has 3 aromatic heterocycles. The Bertz CT molecular complexity index is 2720. The number of benzene rings is 7. The van der Waals surface area contributed by atoms with Crippen LogP contribution in [0.4, 0.5) is 0 Å². The number of para-hydroxylation sites is 2. The van der Waals surface area contributed by atoms with Crippen LogP contribution in [0.3, 0.4) is 0 Å². The summed E-state index contributed by atoms with van der Waals surface area (Å²) in [6.45, 7) is 0. The quantitative estimate of drug-likeness (QED) is 0.198. The molecule has 0 aliphatic carbocycles. The molecule has 0 aliphatic heterocycles. The van der Waals surface area contributed by atoms with Gasteiger partial charge in [0.2, 0.25) is 5.95 Å². The summed E-state index contributed by atoms with van der Waals surface area (Å²) in [7, 11) is 0. The van der Waals surface area contributed by atoms with Crippen LogP contribution < -0.4 is 0 Å². The van der Waals surface area contributed by atoms with Crippen LogP contribution in [0.2, 0.25) is 0 Å². The molecule has 10 aromatic rings. The Morgan fingerprint density at radius 2 is 0.833 bits per heavy atom. The van der Waals surface area contributed by atoms with E-state index in [0.29, 0.717) is 17.6 Å². The molecular weight excluding hydrogens is 587 g/mol. The molecule has 0 atom stereocenters. The number of hydrogen-bond acceptors (Lipinski definition) is 3. The molecule has 0 unspecified atom stereocenters. The van der Waals surface area contributed by atoms with Crippen LogP contribution in [0.25, 0.3) is 88.8 Å². The summed E-state index contributed by atoms with van der Waals surface area (Å²) in [5.41, 5.74) is 7.45. The highest BCUT2D eigenvalue weighted by Crippen LogP contribution is 2.38. The SMILES string of the molecule is c1ccc(-c2nc(-c3ccccc3)nc(-n3c4ccc(-n5c6ccccc6c6ccccc65)cc4c4cc5ccccc5cc43)n2)cc1.